The first-order valence-electron chi connectivity index (χ1n) is 5.11. The molecular weight excluding hydrogens is 222 g/mol. The second-order valence-corrected chi connectivity index (χ2v) is 5.92. The SMILES string of the molecule is Cc1cccc(C)c1N=C1CSCCS1. The molecule has 0 atom stereocenters. The van der Waals surface area contributed by atoms with E-state index in [1.807, 2.05) is 23.5 Å². The number of aryl methyl sites for hydroxylation is 2. The zero-order chi connectivity index (χ0) is 10.7. The molecule has 3 heteroatoms. The van der Waals surface area contributed by atoms with E-state index in [1.54, 1.807) is 0 Å². The third-order valence-corrected chi connectivity index (χ3v) is 4.79. The molecular formula is C12H15NS2. The van der Waals surface area contributed by atoms with Crippen LogP contribution in [0.5, 0.6) is 0 Å². The summed E-state index contributed by atoms with van der Waals surface area (Å²) in [6.07, 6.45) is 0. The van der Waals surface area contributed by atoms with Crippen molar-refractivity contribution < 1.29 is 0 Å². The molecule has 1 fully saturated rings. The molecule has 0 aromatic heterocycles. The molecule has 0 aliphatic carbocycles. The Hall–Kier alpha value is -0.410. The van der Waals surface area contributed by atoms with Crippen LogP contribution in [0, 0.1) is 13.8 Å². The second-order valence-electron chi connectivity index (χ2n) is 3.65. The summed E-state index contributed by atoms with van der Waals surface area (Å²) in [5.41, 5.74) is 3.72. The highest BCUT2D eigenvalue weighted by molar-refractivity contribution is 8.18. The summed E-state index contributed by atoms with van der Waals surface area (Å²) in [5.74, 6) is 3.54. The van der Waals surface area contributed by atoms with Gasteiger partial charge in [0.2, 0.25) is 0 Å². The smallest absolute Gasteiger partial charge is 0.0838 e. The first kappa shape index (κ1) is 11.1. The van der Waals surface area contributed by atoms with E-state index < -0.39 is 0 Å². The zero-order valence-electron chi connectivity index (χ0n) is 9.12. The summed E-state index contributed by atoms with van der Waals surface area (Å²) in [4.78, 5) is 4.78. The molecule has 2 rings (SSSR count). The summed E-state index contributed by atoms with van der Waals surface area (Å²) in [6, 6.07) is 6.36. The Morgan fingerprint density at radius 3 is 2.47 bits per heavy atom. The number of nitrogens with zero attached hydrogens (tertiary/aromatic N) is 1. The highest BCUT2D eigenvalue weighted by atomic mass is 32.2. The van der Waals surface area contributed by atoms with E-state index >= 15 is 0 Å². The van der Waals surface area contributed by atoms with Gasteiger partial charge in [-0.15, -0.1) is 11.8 Å². The highest BCUT2D eigenvalue weighted by Gasteiger charge is 2.09. The summed E-state index contributed by atoms with van der Waals surface area (Å²) in [6.45, 7) is 4.26. The lowest BCUT2D eigenvalue weighted by Gasteiger charge is -2.13. The maximum Gasteiger partial charge on any atom is 0.0838 e. The molecule has 0 saturated carbocycles. The van der Waals surface area contributed by atoms with Gasteiger partial charge in [-0.3, -0.25) is 0 Å². The van der Waals surface area contributed by atoms with Crippen LogP contribution < -0.4 is 0 Å². The van der Waals surface area contributed by atoms with Gasteiger partial charge in [-0.05, 0) is 25.0 Å². The Morgan fingerprint density at radius 2 is 1.87 bits per heavy atom. The number of hydrogen-bond donors (Lipinski definition) is 0. The van der Waals surface area contributed by atoms with Crippen LogP contribution in [0.1, 0.15) is 11.1 Å². The van der Waals surface area contributed by atoms with Gasteiger partial charge < -0.3 is 0 Å². The van der Waals surface area contributed by atoms with E-state index in [4.69, 9.17) is 4.99 Å². The van der Waals surface area contributed by atoms with Crippen molar-refractivity contribution in [3.63, 3.8) is 0 Å². The van der Waals surface area contributed by atoms with E-state index in [9.17, 15) is 0 Å². The molecule has 1 aromatic carbocycles. The molecule has 0 radical (unpaired) electrons. The average molecular weight is 237 g/mol. The number of para-hydroxylation sites is 1. The Morgan fingerprint density at radius 1 is 1.13 bits per heavy atom. The van der Waals surface area contributed by atoms with Crippen molar-refractivity contribution in [1.82, 2.24) is 0 Å². The third kappa shape index (κ3) is 2.79. The normalized spacial score (nSPS) is 19.5. The van der Waals surface area contributed by atoms with Crippen LogP contribution in [-0.4, -0.2) is 22.3 Å². The lowest BCUT2D eigenvalue weighted by molar-refractivity contribution is 1.33. The van der Waals surface area contributed by atoms with Crippen LogP contribution in [0.3, 0.4) is 0 Å². The first-order valence-corrected chi connectivity index (χ1v) is 7.26. The number of rotatable bonds is 1. The van der Waals surface area contributed by atoms with Crippen LogP contribution in [0.15, 0.2) is 23.2 Å². The Bertz CT molecular complexity index is 357. The maximum atomic E-state index is 4.78. The molecule has 1 aliphatic heterocycles. The molecule has 1 heterocycles. The highest BCUT2D eigenvalue weighted by Crippen LogP contribution is 2.27. The molecule has 1 saturated heterocycles. The Balaban J connectivity index is 2.29. The van der Waals surface area contributed by atoms with Crippen molar-refractivity contribution in [2.45, 2.75) is 13.8 Å². The van der Waals surface area contributed by atoms with Crippen LogP contribution in [-0.2, 0) is 0 Å². The van der Waals surface area contributed by atoms with E-state index in [0.29, 0.717) is 0 Å². The fourth-order valence-corrected chi connectivity index (χ4v) is 3.75. The summed E-state index contributed by atoms with van der Waals surface area (Å²) in [5, 5.41) is 1.28. The molecule has 1 aliphatic rings. The van der Waals surface area contributed by atoms with Gasteiger partial charge in [-0.2, -0.15) is 11.8 Å². The molecule has 0 amide bonds. The van der Waals surface area contributed by atoms with Crippen LogP contribution in [0.2, 0.25) is 0 Å². The van der Waals surface area contributed by atoms with E-state index in [2.05, 4.69) is 32.0 Å². The molecule has 0 unspecified atom stereocenters. The monoisotopic (exact) mass is 237 g/mol. The first-order chi connectivity index (χ1) is 7.27. The maximum absolute atomic E-state index is 4.78. The minimum atomic E-state index is 1.08. The Labute approximate surface area is 99.8 Å². The second kappa shape index (κ2) is 5.08. The van der Waals surface area contributed by atoms with Gasteiger partial charge in [0.1, 0.15) is 0 Å². The predicted octanol–water partition coefficient (Wildman–Crippen LogP) is 3.81. The van der Waals surface area contributed by atoms with Gasteiger partial charge >= 0.3 is 0 Å². The van der Waals surface area contributed by atoms with Gasteiger partial charge in [-0.1, -0.05) is 18.2 Å². The van der Waals surface area contributed by atoms with Crippen molar-refractivity contribution >= 4 is 34.3 Å². The summed E-state index contributed by atoms with van der Waals surface area (Å²) >= 11 is 3.89. The molecule has 0 N–H and O–H groups in total. The lowest BCUT2D eigenvalue weighted by Crippen LogP contribution is -2.06. The summed E-state index contributed by atoms with van der Waals surface area (Å²) in [7, 11) is 0. The van der Waals surface area contributed by atoms with Crippen molar-refractivity contribution in [1.29, 1.82) is 0 Å². The number of benzene rings is 1. The average Bonchev–Trinajstić information content (AvgIpc) is 2.25. The molecule has 1 aromatic rings. The molecule has 0 spiro atoms. The van der Waals surface area contributed by atoms with Gasteiger partial charge in [0, 0.05) is 17.3 Å². The van der Waals surface area contributed by atoms with Crippen molar-refractivity contribution in [2.75, 3.05) is 17.3 Å². The van der Waals surface area contributed by atoms with Gasteiger partial charge in [0.05, 0.1) is 10.7 Å². The topological polar surface area (TPSA) is 12.4 Å². The van der Waals surface area contributed by atoms with Crippen molar-refractivity contribution in [3.05, 3.63) is 29.3 Å². The minimum absolute atomic E-state index is 1.08. The number of hydrogen-bond acceptors (Lipinski definition) is 3. The third-order valence-electron chi connectivity index (χ3n) is 2.40. The van der Waals surface area contributed by atoms with Crippen LogP contribution >= 0.6 is 23.5 Å². The van der Waals surface area contributed by atoms with E-state index in [1.165, 1.54) is 33.4 Å². The standard InChI is InChI=1S/C12H15NS2/c1-9-4-3-5-10(2)12(9)13-11-8-14-6-7-15-11/h3-5H,6-8H2,1-2H3. The van der Waals surface area contributed by atoms with Crippen molar-refractivity contribution in [2.24, 2.45) is 4.99 Å². The Kier molecular flexibility index (Phi) is 3.76. The fraction of sp³-hybridized carbons (Fsp3) is 0.417. The molecule has 15 heavy (non-hydrogen) atoms. The zero-order valence-corrected chi connectivity index (χ0v) is 10.8. The van der Waals surface area contributed by atoms with Gasteiger partial charge in [0.15, 0.2) is 0 Å². The minimum Gasteiger partial charge on any atom is -0.245 e. The van der Waals surface area contributed by atoms with Crippen molar-refractivity contribution in [3.8, 4) is 0 Å². The lowest BCUT2D eigenvalue weighted by atomic mass is 10.1. The number of aliphatic imine (C=N–C) groups is 1. The van der Waals surface area contributed by atoms with Crippen LogP contribution in [0.4, 0.5) is 5.69 Å². The number of thioether (sulfide) groups is 2. The predicted molar refractivity (Wildman–Crippen MR) is 72.8 cm³/mol. The summed E-state index contributed by atoms with van der Waals surface area (Å²) < 4.78 is 0. The van der Waals surface area contributed by atoms with E-state index in [-0.39, 0.29) is 0 Å². The van der Waals surface area contributed by atoms with Crippen LogP contribution in [0.25, 0.3) is 0 Å². The molecule has 80 valence electrons. The molecule has 1 nitrogen and oxygen atoms in total. The fourth-order valence-electron chi connectivity index (χ4n) is 1.59. The van der Waals surface area contributed by atoms with Gasteiger partial charge in [0.25, 0.3) is 0 Å². The molecule has 0 bridgehead atoms. The van der Waals surface area contributed by atoms with E-state index in [0.717, 1.165) is 5.75 Å². The quantitative estimate of drug-likeness (QED) is 0.736. The largest absolute Gasteiger partial charge is 0.245 e. The van der Waals surface area contributed by atoms with Gasteiger partial charge in [-0.25, -0.2) is 4.99 Å².